The summed E-state index contributed by atoms with van der Waals surface area (Å²) in [6.45, 7) is 1.76. The molecule has 0 aliphatic carbocycles. The van der Waals surface area contributed by atoms with Crippen molar-refractivity contribution in [2.24, 2.45) is 5.92 Å². The number of ether oxygens (including phenoxy) is 1. The smallest absolute Gasteiger partial charge is 0.325 e. The van der Waals surface area contributed by atoms with Gasteiger partial charge in [0.25, 0.3) is 0 Å². The number of esters is 1. The SMILES string of the molecule is COC(=O)CNC(=O)CC1CNC1. The Morgan fingerprint density at radius 2 is 2.23 bits per heavy atom. The highest BCUT2D eigenvalue weighted by molar-refractivity contribution is 5.82. The maximum Gasteiger partial charge on any atom is 0.325 e. The van der Waals surface area contributed by atoms with Crippen LogP contribution in [0.25, 0.3) is 0 Å². The lowest BCUT2D eigenvalue weighted by atomic mass is 9.99. The molecule has 0 aromatic carbocycles. The van der Waals surface area contributed by atoms with Gasteiger partial charge in [-0.1, -0.05) is 0 Å². The quantitative estimate of drug-likeness (QED) is 0.546. The molecule has 0 bridgehead atoms. The zero-order valence-electron chi connectivity index (χ0n) is 7.63. The number of nitrogens with one attached hydrogen (secondary N) is 2. The van der Waals surface area contributed by atoms with Gasteiger partial charge in [0.15, 0.2) is 0 Å². The van der Waals surface area contributed by atoms with Gasteiger partial charge in [0.05, 0.1) is 7.11 Å². The molecule has 74 valence electrons. The Hall–Kier alpha value is -1.10. The van der Waals surface area contributed by atoms with Crippen molar-refractivity contribution >= 4 is 11.9 Å². The van der Waals surface area contributed by atoms with Gasteiger partial charge in [-0.25, -0.2) is 0 Å². The Morgan fingerprint density at radius 3 is 2.69 bits per heavy atom. The highest BCUT2D eigenvalue weighted by Crippen LogP contribution is 2.06. The van der Waals surface area contributed by atoms with E-state index in [4.69, 9.17) is 0 Å². The Morgan fingerprint density at radius 1 is 1.54 bits per heavy atom. The summed E-state index contributed by atoms with van der Waals surface area (Å²) < 4.78 is 4.38. The number of amides is 1. The fourth-order valence-electron chi connectivity index (χ4n) is 1.07. The lowest BCUT2D eigenvalue weighted by Gasteiger charge is -2.26. The van der Waals surface area contributed by atoms with Crippen LogP contribution in [0.3, 0.4) is 0 Å². The number of methoxy groups -OCH3 is 1. The molecule has 0 unspecified atom stereocenters. The third-order valence-corrected chi connectivity index (χ3v) is 2.00. The highest BCUT2D eigenvalue weighted by Gasteiger charge is 2.20. The van der Waals surface area contributed by atoms with Gasteiger partial charge in [-0.05, 0) is 19.0 Å². The van der Waals surface area contributed by atoms with Crippen molar-refractivity contribution < 1.29 is 14.3 Å². The molecule has 0 saturated carbocycles. The number of rotatable bonds is 4. The lowest BCUT2D eigenvalue weighted by Crippen LogP contribution is -2.45. The molecule has 1 saturated heterocycles. The number of hydrogen-bond acceptors (Lipinski definition) is 4. The molecule has 0 radical (unpaired) electrons. The Balaban J connectivity index is 2.06. The number of carbonyl (C=O) groups is 2. The van der Waals surface area contributed by atoms with E-state index >= 15 is 0 Å². The fraction of sp³-hybridized carbons (Fsp3) is 0.750. The molecular formula is C8H14N2O3. The van der Waals surface area contributed by atoms with E-state index in [9.17, 15) is 9.59 Å². The van der Waals surface area contributed by atoms with Crippen molar-refractivity contribution in [1.29, 1.82) is 0 Å². The predicted molar refractivity (Wildman–Crippen MR) is 46.0 cm³/mol. The minimum atomic E-state index is -0.417. The second-order valence-corrected chi connectivity index (χ2v) is 3.08. The van der Waals surface area contributed by atoms with Crippen LogP contribution >= 0.6 is 0 Å². The summed E-state index contributed by atoms with van der Waals surface area (Å²) >= 11 is 0. The topological polar surface area (TPSA) is 67.4 Å². The summed E-state index contributed by atoms with van der Waals surface area (Å²) in [5.41, 5.74) is 0. The number of carbonyl (C=O) groups excluding carboxylic acids is 2. The van der Waals surface area contributed by atoms with Gasteiger partial charge in [-0.15, -0.1) is 0 Å². The molecule has 1 amide bonds. The van der Waals surface area contributed by atoms with Crippen molar-refractivity contribution in [1.82, 2.24) is 10.6 Å². The van der Waals surface area contributed by atoms with Crippen molar-refractivity contribution in [2.45, 2.75) is 6.42 Å². The van der Waals surface area contributed by atoms with E-state index in [1.165, 1.54) is 7.11 Å². The molecule has 13 heavy (non-hydrogen) atoms. The van der Waals surface area contributed by atoms with E-state index in [0.29, 0.717) is 12.3 Å². The van der Waals surface area contributed by atoms with Crippen LogP contribution in [0.1, 0.15) is 6.42 Å². The maximum atomic E-state index is 11.1. The van der Waals surface area contributed by atoms with Crippen LogP contribution in [0.2, 0.25) is 0 Å². The zero-order chi connectivity index (χ0) is 9.68. The van der Waals surface area contributed by atoms with E-state index in [-0.39, 0.29) is 12.5 Å². The van der Waals surface area contributed by atoms with Gasteiger partial charge in [0.1, 0.15) is 6.54 Å². The van der Waals surface area contributed by atoms with Gasteiger partial charge in [-0.2, -0.15) is 0 Å². The van der Waals surface area contributed by atoms with Gasteiger partial charge in [-0.3, -0.25) is 9.59 Å². The molecule has 0 aromatic rings. The van der Waals surface area contributed by atoms with Crippen LogP contribution < -0.4 is 10.6 Å². The molecule has 0 spiro atoms. The fourth-order valence-corrected chi connectivity index (χ4v) is 1.07. The first-order valence-corrected chi connectivity index (χ1v) is 4.26. The molecule has 1 heterocycles. The normalized spacial score (nSPS) is 16.1. The second kappa shape index (κ2) is 4.81. The molecular weight excluding hydrogens is 172 g/mol. The maximum absolute atomic E-state index is 11.1. The van der Waals surface area contributed by atoms with E-state index < -0.39 is 5.97 Å². The zero-order valence-corrected chi connectivity index (χ0v) is 7.63. The first kappa shape index (κ1) is 9.98. The van der Waals surface area contributed by atoms with Gasteiger partial charge >= 0.3 is 5.97 Å². The minimum absolute atomic E-state index is 0.0323. The summed E-state index contributed by atoms with van der Waals surface area (Å²) in [6.07, 6.45) is 0.490. The van der Waals surface area contributed by atoms with Crippen LogP contribution in [-0.2, 0) is 14.3 Å². The van der Waals surface area contributed by atoms with Gasteiger partial charge < -0.3 is 15.4 Å². The van der Waals surface area contributed by atoms with Crippen LogP contribution in [-0.4, -0.2) is 38.6 Å². The third-order valence-electron chi connectivity index (χ3n) is 2.00. The largest absolute Gasteiger partial charge is 0.468 e. The third kappa shape index (κ3) is 3.42. The van der Waals surface area contributed by atoms with Crippen molar-refractivity contribution in [3.05, 3.63) is 0 Å². The van der Waals surface area contributed by atoms with E-state index in [2.05, 4.69) is 15.4 Å². The standard InChI is InChI=1S/C8H14N2O3/c1-13-8(12)5-10-7(11)2-6-3-9-4-6/h6,9H,2-5H2,1H3,(H,10,11). The lowest BCUT2D eigenvalue weighted by molar-refractivity contribution is -0.141. The molecule has 5 heteroatoms. The van der Waals surface area contributed by atoms with Crippen LogP contribution in [0, 0.1) is 5.92 Å². The molecule has 2 N–H and O–H groups in total. The first-order chi connectivity index (χ1) is 6.22. The minimum Gasteiger partial charge on any atom is -0.468 e. The van der Waals surface area contributed by atoms with Crippen LogP contribution in [0.4, 0.5) is 0 Å². The second-order valence-electron chi connectivity index (χ2n) is 3.08. The molecule has 1 fully saturated rings. The Bertz CT molecular complexity index is 202. The number of hydrogen-bond donors (Lipinski definition) is 2. The molecule has 0 atom stereocenters. The van der Waals surface area contributed by atoms with Crippen LogP contribution in [0.5, 0.6) is 0 Å². The highest BCUT2D eigenvalue weighted by atomic mass is 16.5. The average molecular weight is 186 g/mol. The van der Waals surface area contributed by atoms with Crippen molar-refractivity contribution in [3.8, 4) is 0 Å². The molecule has 5 nitrogen and oxygen atoms in total. The van der Waals surface area contributed by atoms with Gasteiger partial charge in [0, 0.05) is 6.42 Å². The summed E-state index contributed by atoms with van der Waals surface area (Å²) in [7, 11) is 1.30. The summed E-state index contributed by atoms with van der Waals surface area (Å²) in [6, 6.07) is 0. The van der Waals surface area contributed by atoms with Gasteiger partial charge in [0.2, 0.25) is 5.91 Å². The Kier molecular flexibility index (Phi) is 3.70. The summed E-state index contributed by atoms with van der Waals surface area (Å²) in [5, 5.41) is 5.56. The van der Waals surface area contributed by atoms with E-state index in [0.717, 1.165) is 13.1 Å². The summed E-state index contributed by atoms with van der Waals surface area (Å²) in [4.78, 5) is 21.8. The molecule has 0 aromatic heterocycles. The molecule has 1 aliphatic rings. The molecule has 1 rings (SSSR count). The first-order valence-electron chi connectivity index (χ1n) is 4.26. The van der Waals surface area contributed by atoms with E-state index in [1.54, 1.807) is 0 Å². The van der Waals surface area contributed by atoms with Crippen molar-refractivity contribution in [3.63, 3.8) is 0 Å². The van der Waals surface area contributed by atoms with E-state index in [1.807, 2.05) is 0 Å². The van der Waals surface area contributed by atoms with Crippen LogP contribution in [0.15, 0.2) is 0 Å². The van der Waals surface area contributed by atoms with Crippen molar-refractivity contribution in [2.75, 3.05) is 26.7 Å². The average Bonchev–Trinajstić information content (AvgIpc) is 2.07. The summed E-state index contributed by atoms with van der Waals surface area (Å²) in [5.74, 6) is -0.0744. The Labute approximate surface area is 76.8 Å². The predicted octanol–water partition coefficient (Wildman–Crippen LogP) is -1.11. The molecule has 1 aliphatic heterocycles. The monoisotopic (exact) mass is 186 g/mol.